The van der Waals surface area contributed by atoms with E-state index in [9.17, 15) is 0 Å². The van der Waals surface area contributed by atoms with Crippen LogP contribution in [-0.4, -0.2) is 11.0 Å². The van der Waals surface area contributed by atoms with Crippen LogP contribution in [0.15, 0.2) is 16.5 Å². The molecule has 18 heavy (non-hydrogen) atoms. The maximum atomic E-state index is 5.95. The number of piperidine rings is 1. The second-order valence-electron chi connectivity index (χ2n) is 5.21. The van der Waals surface area contributed by atoms with Gasteiger partial charge < -0.3 is 9.73 Å². The van der Waals surface area contributed by atoms with Gasteiger partial charge in [0.05, 0.1) is 11.1 Å². The molecule has 1 aliphatic heterocycles. The Balaban J connectivity index is 1.77. The average Bonchev–Trinajstić information content (AvgIpc) is 3.02. The third-order valence-electron chi connectivity index (χ3n) is 4.10. The van der Waals surface area contributed by atoms with Gasteiger partial charge in [0.15, 0.2) is 5.58 Å². The molecule has 4 rings (SSSR count). The number of nitrogens with one attached hydrogen (secondary N) is 1. The number of halogens is 2. The van der Waals surface area contributed by atoms with Gasteiger partial charge in [0.25, 0.3) is 0 Å². The average molecular weight is 283 g/mol. The Kier molecular flexibility index (Phi) is 2.38. The summed E-state index contributed by atoms with van der Waals surface area (Å²) in [7, 11) is 0. The first kappa shape index (κ1) is 11.1. The van der Waals surface area contributed by atoms with Crippen molar-refractivity contribution in [1.29, 1.82) is 0 Å². The minimum Gasteiger partial charge on any atom is -0.458 e. The highest BCUT2D eigenvalue weighted by atomic mass is 35.5. The Labute approximate surface area is 114 Å². The van der Waals surface area contributed by atoms with Crippen molar-refractivity contribution in [3.63, 3.8) is 0 Å². The van der Waals surface area contributed by atoms with E-state index in [1.165, 1.54) is 19.3 Å². The molecule has 1 unspecified atom stereocenters. The largest absolute Gasteiger partial charge is 0.458 e. The molecule has 3 atom stereocenters. The van der Waals surface area contributed by atoms with Crippen molar-refractivity contribution in [2.45, 2.75) is 31.3 Å². The van der Waals surface area contributed by atoms with E-state index < -0.39 is 0 Å². The first-order chi connectivity index (χ1) is 8.70. The van der Waals surface area contributed by atoms with Crippen molar-refractivity contribution in [1.82, 2.24) is 10.3 Å². The van der Waals surface area contributed by atoms with Crippen molar-refractivity contribution < 1.29 is 4.42 Å². The fraction of sp³-hybridized carbons (Fsp3) is 0.462. The number of rotatable bonds is 1. The van der Waals surface area contributed by atoms with Gasteiger partial charge in [-0.1, -0.05) is 23.2 Å². The summed E-state index contributed by atoms with van der Waals surface area (Å²) in [6.45, 7) is 0. The zero-order chi connectivity index (χ0) is 12.3. The maximum absolute atomic E-state index is 5.95. The Morgan fingerprint density at radius 2 is 2.17 bits per heavy atom. The maximum Gasteiger partial charge on any atom is 0.154 e. The fourth-order valence-electron chi connectivity index (χ4n) is 3.27. The lowest BCUT2D eigenvalue weighted by Gasteiger charge is -2.20. The number of hydrogen-bond donors (Lipinski definition) is 1. The molecule has 0 aromatic carbocycles. The van der Waals surface area contributed by atoms with Gasteiger partial charge in [-0.3, -0.25) is 0 Å². The summed E-state index contributed by atoms with van der Waals surface area (Å²) in [5.74, 6) is 1.66. The molecule has 1 N–H and O–H groups in total. The van der Waals surface area contributed by atoms with Crippen LogP contribution in [0.1, 0.15) is 31.1 Å². The third-order valence-corrected chi connectivity index (χ3v) is 4.77. The molecule has 0 radical (unpaired) electrons. The van der Waals surface area contributed by atoms with Crippen LogP contribution in [0.3, 0.4) is 0 Å². The van der Waals surface area contributed by atoms with E-state index in [0.29, 0.717) is 33.8 Å². The lowest BCUT2D eigenvalue weighted by atomic mass is 9.98. The van der Waals surface area contributed by atoms with E-state index in [2.05, 4.69) is 10.3 Å². The molecule has 2 aromatic rings. The van der Waals surface area contributed by atoms with Gasteiger partial charge in [0, 0.05) is 18.2 Å². The topological polar surface area (TPSA) is 38.1 Å². The smallest absolute Gasteiger partial charge is 0.154 e. The van der Waals surface area contributed by atoms with E-state index in [1.807, 2.05) is 6.07 Å². The molecule has 0 spiro atoms. The Bertz CT molecular complexity index is 586. The Morgan fingerprint density at radius 3 is 2.89 bits per heavy atom. The molecule has 1 saturated heterocycles. The quantitative estimate of drug-likeness (QED) is 0.805. The molecule has 5 heteroatoms. The molecule has 94 valence electrons. The number of aromatic nitrogens is 1. The van der Waals surface area contributed by atoms with E-state index in [0.717, 1.165) is 11.3 Å². The number of hydrogen-bond acceptors (Lipinski definition) is 3. The minimum atomic E-state index is 0.329. The van der Waals surface area contributed by atoms with Crippen LogP contribution in [0.2, 0.25) is 10.2 Å². The monoisotopic (exact) mass is 282 g/mol. The highest BCUT2D eigenvalue weighted by molar-refractivity contribution is 6.41. The minimum absolute atomic E-state index is 0.329. The van der Waals surface area contributed by atoms with Crippen molar-refractivity contribution in [3.05, 3.63) is 28.1 Å². The van der Waals surface area contributed by atoms with Gasteiger partial charge >= 0.3 is 0 Å². The Morgan fingerprint density at radius 1 is 1.28 bits per heavy atom. The molecule has 2 bridgehead atoms. The number of fused-ring (bicyclic) bond motifs is 3. The molecule has 3 heterocycles. The molecular formula is C13H12Cl2N2O. The van der Waals surface area contributed by atoms with Crippen molar-refractivity contribution in [3.8, 4) is 0 Å². The van der Waals surface area contributed by atoms with Crippen LogP contribution in [0, 0.1) is 5.92 Å². The summed E-state index contributed by atoms with van der Waals surface area (Å²) in [5.41, 5.74) is 1.49. The van der Waals surface area contributed by atoms with Crippen LogP contribution in [0.5, 0.6) is 0 Å². The number of pyridine rings is 1. The predicted molar refractivity (Wildman–Crippen MR) is 71.0 cm³/mol. The van der Waals surface area contributed by atoms with Gasteiger partial charge in [0.2, 0.25) is 0 Å². The normalized spacial score (nSPS) is 30.4. The molecule has 2 aromatic heterocycles. The zero-order valence-corrected chi connectivity index (χ0v) is 11.1. The first-order valence-electron chi connectivity index (χ1n) is 6.22. The predicted octanol–water partition coefficient (Wildman–Crippen LogP) is 3.95. The van der Waals surface area contributed by atoms with E-state index in [4.69, 9.17) is 27.6 Å². The van der Waals surface area contributed by atoms with Crippen molar-refractivity contribution in [2.24, 2.45) is 5.92 Å². The van der Waals surface area contributed by atoms with Gasteiger partial charge in [0.1, 0.15) is 16.4 Å². The fourth-order valence-corrected chi connectivity index (χ4v) is 3.55. The lowest BCUT2D eigenvalue weighted by molar-refractivity contribution is 0.340. The number of furan rings is 1. The lowest BCUT2D eigenvalue weighted by Crippen LogP contribution is -2.28. The third kappa shape index (κ3) is 1.58. The van der Waals surface area contributed by atoms with Crippen LogP contribution in [0.25, 0.3) is 11.1 Å². The van der Waals surface area contributed by atoms with Crippen LogP contribution in [0.4, 0.5) is 0 Å². The highest BCUT2D eigenvalue weighted by Crippen LogP contribution is 2.44. The summed E-state index contributed by atoms with van der Waals surface area (Å²) in [4.78, 5) is 4.24. The summed E-state index contributed by atoms with van der Waals surface area (Å²) < 4.78 is 5.87. The molecular weight excluding hydrogens is 271 g/mol. The Hall–Kier alpha value is -0.770. The SMILES string of the molecule is Clc1cc2oc(C3N[C@@H]4CC[C@H]3C4)cc2nc1Cl. The van der Waals surface area contributed by atoms with Gasteiger partial charge in [-0.05, 0) is 25.2 Å². The van der Waals surface area contributed by atoms with Crippen molar-refractivity contribution in [2.75, 3.05) is 0 Å². The molecule has 3 nitrogen and oxygen atoms in total. The molecule has 2 fully saturated rings. The molecule has 1 saturated carbocycles. The molecule has 1 aliphatic carbocycles. The second kappa shape index (κ2) is 3.86. The summed E-state index contributed by atoms with van der Waals surface area (Å²) >= 11 is 11.9. The zero-order valence-electron chi connectivity index (χ0n) is 9.62. The van der Waals surface area contributed by atoms with Crippen molar-refractivity contribution >= 4 is 34.3 Å². The van der Waals surface area contributed by atoms with E-state index in [1.54, 1.807) is 6.07 Å². The molecule has 0 amide bonds. The van der Waals surface area contributed by atoms with Gasteiger partial charge in [-0.25, -0.2) is 4.98 Å². The summed E-state index contributed by atoms with van der Waals surface area (Å²) in [6.07, 6.45) is 3.84. The van der Waals surface area contributed by atoms with Crippen LogP contribution < -0.4 is 5.32 Å². The van der Waals surface area contributed by atoms with Gasteiger partial charge in [-0.15, -0.1) is 0 Å². The standard InChI is InChI=1S/C13H12Cl2N2O/c14-8-4-10-9(17-13(8)15)5-11(18-10)12-6-1-2-7(3-6)16-12/h4-7,12,16H,1-3H2/t6-,7+,12?/m0/s1. The highest BCUT2D eigenvalue weighted by Gasteiger charge is 2.41. The van der Waals surface area contributed by atoms with Crippen LogP contribution in [-0.2, 0) is 0 Å². The second-order valence-corrected chi connectivity index (χ2v) is 5.97. The summed E-state index contributed by atoms with van der Waals surface area (Å²) in [5, 5.41) is 4.38. The first-order valence-corrected chi connectivity index (χ1v) is 6.98. The summed E-state index contributed by atoms with van der Waals surface area (Å²) in [6, 6.07) is 4.71. The van der Waals surface area contributed by atoms with Gasteiger partial charge in [-0.2, -0.15) is 0 Å². The van der Waals surface area contributed by atoms with E-state index in [-0.39, 0.29) is 0 Å². The number of nitrogens with zero attached hydrogens (tertiary/aromatic N) is 1. The van der Waals surface area contributed by atoms with E-state index >= 15 is 0 Å². The molecule has 2 aliphatic rings. The van der Waals surface area contributed by atoms with Crippen LogP contribution >= 0.6 is 23.2 Å².